The number of anilines is 2. The highest BCUT2D eigenvalue weighted by atomic mass is 16.2. The van der Waals surface area contributed by atoms with Crippen molar-refractivity contribution in [2.24, 2.45) is 0 Å². The van der Waals surface area contributed by atoms with E-state index in [-0.39, 0.29) is 5.91 Å². The molecule has 0 atom stereocenters. The molecule has 3 heteroatoms. The van der Waals surface area contributed by atoms with E-state index in [1.807, 2.05) is 4.90 Å². The van der Waals surface area contributed by atoms with Gasteiger partial charge in [0.1, 0.15) is 0 Å². The predicted molar refractivity (Wildman–Crippen MR) is 76.3 cm³/mol. The second kappa shape index (κ2) is 5.42. The Morgan fingerprint density at radius 1 is 1.22 bits per heavy atom. The SMILES string of the molecule is CCCCCN1C(=O)CNc2cc(C)c(C)cc21. The number of unbranched alkanes of at least 4 members (excludes halogenated alkanes) is 2. The number of aryl methyl sites for hydroxylation is 2. The van der Waals surface area contributed by atoms with E-state index in [2.05, 4.69) is 38.2 Å². The third-order valence-corrected chi connectivity index (χ3v) is 3.62. The summed E-state index contributed by atoms with van der Waals surface area (Å²) in [6, 6.07) is 4.27. The molecule has 1 heterocycles. The van der Waals surface area contributed by atoms with Crippen molar-refractivity contribution in [3.8, 4) is 0 Å². The molecule has 18 heavy (non-hydrogen) atoms. The van der Waals surface area contributed by atoms with Gasteiger partial charge in [0.25, 0.3) is 0 Å². The van der Waals surface area contributed by atoms with Gasteiger partial charge in [-0.15, -0.1) is 0 Å². The second-order valence-corrected chi connectivity index (χ2v) is 5.06. The summed E-state index contributed by atoms with van der Waals surface area (Å²) in [5.74, 6) is 0.182. The van der Waals surface area contributed by atoms with Crippen LogP contribution in [0.1, 0.15) is 37.3 Å². The average Bonchev–Trinajstić information content (AvgIpc) is 2.35. The van der Waals surface area contributed by atoms with Crippen LogP contribution in [-0.2, 0) is 4.79 Å². The fourth-order valence-corrected chi connectivity index (χ4v) is 2.33. The van der Waals surface area contributed by atoms with Gasteiger partial charge in [0, 0.05) is 6.54 Å². The molecule has 1 aromatic rings. The van der Waals surface area contributed by atoms with Crippen LogP contribution in [0.5, 0.6) is 0 Å². The highest BCUT2D eigenvalue weighted by molar-refractivity contribution is 6.02. The lowest BCUT2D eigenvalue weighted by atomic mass is 10.0. The van der Waals surface area contributed by atoms with Gasteiger partial charge in [-0.05, 0) is 43.5 Å². The number of carbonyl (C=O) groups excluding carboxylic acids is 1. The average molecular weight is 246 g/mol. The first kappa shape index (κ1) is 12.9. The van der Waals surface area contributed by atoms with Gasteiger partial charge in [0.2, 0.25) is 5.91 Å². The zero-order chi connectivity index (χ0) is 13.1. The Morgan fingerprint density at radius 3 is 2.67 bits per heavy atom. The van der Waals surface area contributed by atoms with Gasteiger partial charge in [-0.1, -0.05) is 19.8 Å². The normalized spacial score (nSPS) is 14.4. The molecule has 1 aliphatic rings. The Balaban J connectivity index is 2.26. The summed E-state index contributed by atoms with van der Waals surface area (Å²) in [5.41, 5.74) is 4.65. The standard InChI is InChI=1S/C15H22N2O/c1-4-5-6-7-17-14-9-12(3)11(2)8-13(14)16-10-15(17)18/h8-9,16H,4-7,10H2,1-3H3. The van der Waals surface area contributed by atoms with E-state index in [1.54, 1.807) is 0 Å². The van der Waals surface area contributed by atoms with Crippen LogP contribution < -0.4 is 10.2 Å². The predicted octanol–water partition coefficient (Wildman–Crippen LogP) is 3.25. The summed E-state index contributed by atoms with van der Waals surface area (Å²) in [4.78, 5) is 13.9. The molecule has 0 aromatic heterocycles. The van der Waals surface area contributed by atoms with Crippen LogP contribution in [0.25, 0.3) is 0 Å². The number of nitrogens with one attached hydrogen (secondary N) is 1. The number of nitrogens with zero attached hydrogens (tertiary/aromatic N) is 1. The molecule has 0 saturated carbocycles. The fourth-order valence-electron chi connectivity index (χ4n) is 2.33. The summed E-state index contributed by atoms with van der Waals surface area (Å²) < 4.78 is 0. The Labute approximate surface area is 109 Å². The van der Waals surface area contributed by atoms with Crippen molar-refractivity contribution in [2.75, 3.05) is 23.3 Å². The molecule has 1 aliphatic heterocycles. The summed E-state index contributed by atoms with van der Waals surface area (Å²) >= 11 is 0. The van der Waals surface area contributed by atoms with Crippen molar-refractivity contribution in [3.05, 3.63) is 23.3 Å². The van der Waals surface area contributed by atoms with Gasteiger partial charge in [-0.3, -0.25) is 4.79 Å². The number of amides is 1. The van der Waals surface area contributed by atoms with E-state index < -0.39 is 0 Å². The summed E-state index contributed by atoms with van der Waals surface area (Å²) in [6.45, 7) is 7.64. The highest BCUT2D eigenvalue weighted by Crippen LogP contribution is 2.32. The van der Waals surface area contributed by atoms with Crippen LogP contribution >= 0.6 is 0 Å². The van der Waals surface area contributed by atoms with Gasteiger partial charge in [-0.25, -0.2) is 0 Å². The zero-order valence-corrected chi connectivity index (χ0v) is 11.5. The summed E-state index contributed by atoms with van der Waals surface area (Å²) in [7, 11) is 0. The number of carbonyl (C=O) groups is 1. The quantitative estimate of drug-likeness (QED) is 0.827. The van der Waals surface area contributed by atoms with Crippen molar-refractivity contribution in [2.45, 2.75) is 40.0 Å². The maximum Gasteiger partial charge on any atom is 0.246 e. The molecule has 0 saturated heterocycles. The van der Waals surface area contributed by atoms with Gasteiger partial charge >= 0.3 is 0 Å². The number of hydrogen-bond acceptors (Lipinski definition) is 2. The van der Waals surface area contributed by atoms with E-state index in [9.17, 15) is 4.79 Å². The number of benzene rings is 1. The topological polar surface area (TPSA) is 32.3 Å². The molecule has 2 rings (SSSR count). The minimum Gasteiger partial charge on any atom is -0.374 e. The highest BCUT2D eigenvalue weighted by Gasteiger charge is 2.23. The first-order chi connectivity index (χ1) is 8.63. The van der Waals surface area contributed by atoms with Gasteiger partial charge in [0.05, 0.1) is 17.9 Å². The Bertz CT molecular complexity index is 454. The maximum absolute atomic E-state index is 12.0. The molecule has 0 fully saturated rings. The van der Waals surface area contributed by atoms with Crippen molar-refractivity contribution in [3.63, 3.8) is 0 Å². The smallest absolute Gasteiger partial charge is 0.246 e. The Kier molecular flexibility index (Phi) is 3.90. The molecular formula is C15H22N2O. The Hall–Kier alpha value is -1.51. The lowest BCUT2D eigenvalue weighted by Gasteiger charge is -2.31. The number of rotatable bonds is 4. The van der Waals surface area contributed by atoms with Gasteiger partial charge in [0.15, 0.2) is 0 Å². The number of hydrogen-bond donors (Lipinski definition) is 1. The van der Waals surface area contributed by atoms with Crippen LogP contribution in [0.15, 0.2) is 12.1 Å². The molecule has 0 bridgehead atoms. The van der Waals surface area contributed by atoms with Crippen molar-refractivity contribution >= 4 is 17.3 Å². The molecule has 0 unspecified atom stereocenters. The zero-order valence-electron chi connectivity index (χ0n) is 11.5. The van der Waals surface area contributed by atoms with Crippen molar-refractivity contribution < 1.29 is 4.79 Å². The lowest BCUT2D eigenvalue weighted by molar-refractivity contribution is -0.117. The van der Waals surface area contributed by atoms with E-state index in [1.165, 1.54) is 24.0 Å². The summed E-state index contributed by atoms with van der Waals surface area (Å²) in [6.07, 6.45) is 3.44. The molecule has 0 aliphatic carbocycles. The summed E-state index contributed by atoms with van der Waals surface area (Å²) in [5, 5.41) is 3.21. The van der Waals surface area contributed by atoms with E-state index in [0.717, 1.165) is 24.3 Å². The third-order valence-electron chi connectivity index (χ3n) is 3.62. The molecule has 0 spiro atoms. The molecule has 1 aromatic carbocycles. The van der Waals surface area contributed by atoms with Crippen LogP contribution in [0.4, 0.5) is 11.4 Å². The molecule has 98 valence electrons. The maximum atomic E-state index is 12.0. The van der Waals surface area contributed by atoms with Crippen LogP contribution in [-0.4, -0.2) is 19.0 Å². The van der Waals surface area contributed by atoms with Crippen LogP contribution in [0, 0.1) is 13.8 Å². The van der Waals surface area contributed by atoms with Crippen LogP contribution in [0.3, 0.4) is 0 Å². The van der Waals surface area contributed by atoms with Crippen LogP contribution in [0.2, 0.25) is 0 Å². The van der Waals surface area contributed by atoms with Crippen molar-refractivity contribution in [1.82, 2.24) is 0 Å². The fraction of sp³-hybridized carbons (Fsp3) is 0.533. The molecule has 0 radical (unpaired) electrons. The molecule has 1 N–H and O–H groups in total. The number of fused-ring (bicyclic) bond motifs is 1. The van der Waals surface area contributed by atoms with Gasteiger partial charge in [-0.2, -0.15) is 0 Å². The minimum atomic E-state index is 0.182. The Morgan fingerprint density at radius 2 is 1.94 bits per heavy atom. The molecular weight excluding hydrogens is 224 g/mol. The molecule has 3 nitrogen and oxygen atoms in total. The van der Waals surface area contributed by atoms with Gasteiger partial charge < -0.3 is 10.2 Å². The molecule has 1 amide bonds. The van der Waals surface area contributed by atoms with Crippen molar-refractivity contribution in [1.29, 1.82) is 0 Å². The van der Waals surface area contributed by atoms with E-state index in [4.69, 9.17) is 0 Å². The third kappa shape index (κ3) is 2.50. The van der Waals surface area contributed by atoms with E-state index >= 15 is 0 Å². The first-order valence-corrected chi connectivity index (χ1v) is 6.79. The monoisotopic (exact) mass is 246 g/mol. The van der Waals surface area contributed by atoms with E-state index in [0.29, 0.717) is 6.54 Å². The first-order valence-electron chi connectivity index (χ1n) is 6.79. The largest absolute Gasteiger partial charge is 0.374 e. The minimum absolute atomic E-state index is 0.182. The lowest BCUT2D eigenvalue weighted by Crippen LogP contribution is -2.40. The second-order valence-electron chi connectivity index (χ2n) is 5.06.